The summed E-state index contributed by atoms with van der Waals surface area (Å²) in [4.78, 5) is 17.8. The summed E-state index contributed by atoms with van der Waals surface area (Å²) in [7, 11) is 1.51. The lowest BCUT2D eigenvalue weighted by molar-refractivity contribution is 0.0933. The van der Waals surface area contributed by atoms with Gasteiger partial charge in [0.25, 0.3) is 5.91 Å². The van der Waals surface area contributed by atoms with Gasteiger partial charge < -0.3 is 19.2 Å². The zero-order valence-corrected chi connectivity index (χ0v) is 19.2. The van der Waals surface area contributed by atoms with Crippen LogP contribution in [0.1, 0.15) is 40.8 Å². The Morgan fingerprint density at radius 2 is 1.81 bits per heavy atom. The molecule has 1 aliphatic rings. The molecule has 1 fully saturated rings. The molecule has 0 aliphatic carbocycles. The Morgan fingerprint density at radius 1 is 1.12 bits per heavy atom. The summed E-state index contributed by atoms with van der Waals surface area (Å²) < 4.78 is 35.9. The van der Waals surface area contributed by atoms with Crippen LogP contribution in [0.2, 0.25) is 0 Å². The summed E-state index contributed by atoms with van der Waals surface area (Å²) >= 11 is 0. The van der Waals surface area contributed by atoms with Gasteiger partial charge in [-0.3, -0.25) is 4.79 Å². The molecule has 1 unspecified atom stereocenters. The summed E-state index contributed by atoms with van der Waals surface area (Å²) in [6.45, 7) is 1.02. The lowest BCUT2D eigenvalue weighted by atomic mass is 10.1. The number of carbonyl (C=O) groups is 1. The quantitative estimate of drug-likeness (QED) is 0.586. The normalized spacial score (nSPS) is 15.6. The van der Waals surface area contributed by atoms with E-state index in [1.807, 2.05) is 35.9 Å². The largest absolute Gasteiger partial charge is 0.497 e. The summed E-state index contributed by atoms with van der Waals surface area (Å²) in [6, 6.07) is 8.29. The Kier molecular flexibility index (Phi) is 6.07. The third-order valence-corrected chi connectivity index (χ3v) is 7.62. The first-order chi connectivity index (χ1) is 15.3. The molecule has 0 saturated carbocycles. The molecule has 3 aromatic rings. The average molecular weight is 458 g/mol. The maximum absolute atomic E-state index is 13.2. The van der Waals surface area contributed by atoms with Crippen LogP contribution in [-0.2, 0) is 24.1 Å². The Labute approximate surface area is 187 Å². The van der Waals surface area contributed by atoms with E-state index in [-0.39, 0.29) is 16.5 Å². The summed E-state index contributed by atoms with van der Waals surface area (Å²) in [5.41, 5.74) is 1.09. The van der Waals surface area contributed by atoms with Gasteiger partial charge in [0, 0.05) is 45.8 Å². The Morgan fingerprint density at radius 3 is 2.41 bits per heavy atom. The minimum atomic E-state index is -3.61. The highest BCUT2D eigenvalue weighted by atomic mass is 32.2. The van der Waals surface area contributed by atoms with Gasteiger partial charge in [0.05, 0.1) is 7.11 Å². The molecule has 4 rings (SSSR count). The second-order valence-electron chi connectivity index (χ2n) is 7.86. The zero-order valence-electron chi connectivity index (χ0n) is 18.4. The van der Waals surface area contributed by atoms with Gasteiger partial charge in [0.2, 0.25) is 10.0 Å². The third kappa shape index (κ3) is 4.15. The second-order valence-corrected chi connectivity index (χ2v) is 9.80. The Balaban J connectivity index is 1.64. The molecule has 1 N–H and O–H groups in total. The molecule has 1 atom stereocenters. The summed E-state index contributed by atoms with van der Waals surface area (Å²) in [5.74, 6) is 0.972. The van der Waals surface area contributed by atoms with E-state index >= 15 is 0 Å². The van der Waals surface area contributed by atoms with Crippen LogP contribution in [0.4, 0.5) is 0 Å². The van der Waals surface area contributed by atoms with Crippen LogP contribution >= 0.6 is 0 Å². The Bertz CT molecular complexity index is 1210. The predicted octanol–water partition coefficient (Wildman–Crippen LogP) is 2.07. The maximum atomic E-state index is 13.2. The number of methoxy groups -OCH3 is 1. The molecule has 9 nitrogen and oxygen atoms in total. The van der Waals surface area contributed by atoms with E-state index in [2.05, 4.69) is 10.3 Å². The first kappa shape index (κ1) is 22.1. The number of nitrogens with one attached hydrogen (secondary N) is 1. The fraction of sp³-hybridized carbons (Fsp3) is 0.364. The van der Waals surface area contributed by atoms with Gasteiger partial charge in [-0.2, -0.15) is 4.31 Å². The van der Waals surface area contributed by atoms with Gasteiger partial charge >= 0.3 is 0 Å². The lowest BCUT2D eigenvalue weighted by Gasteiger charge is -2.19. The van der Waals surface area contributed by atoms with Gasteiger partial charge in [-0.15, -0.1) is 0 Å². The number of aryl methyl sites for hydroxylation is 2. The van der Waals surface area contributed by atoms with Gasteiger partial charge in [-0.05, 0) is 36.6 Å². The van der Waals surface area contributed by atoms with Crippen molar-refractivity contribution >= 4 is 15.9 Å². The topological polar surface area (TPSA) is 98.5 Å². The van der Waals surface area contributed by atoms with Crippen molar-refractivity contribution in [2.75, 3.05) is 20.2 Å². The van der Waals surface area contributed by atoms with Crippen LogP contribution in [0.15, 0.2) is 53.8 Å². The smallest absolute Gasteiger partial charge is 0.268 e. The van der Waals surface area contributed by atoms with E-state index < -0.39 is 16.1 Å². The van der Waals surface area contributed by atoms with E-state index in [9.17, 15) is 13.2 Å². The number of benzene rings is 1. The van der Waals surface area contributed by atoms with Crippen LogP contribution in [0.3, 0.4) is 0 Å². The first-order valence-electron chi connectivity index (χ1n) is 10.4. The third-order valence-electron chi connectivity index (χ3n) is 5.76. The molecule has 0 spiro atoms. The molecule has 1 amide bonds. The van der Waals surface area contributed by atoms with Crippen molar-refractivity contribution in [1.82, 2.24) is 23.7 Å². The number of rotatable bonds is 7. The maximum Gasteiger partial charge on any atom is 0.268 e. The molecule has 1 aliphatic heterocycles. The molecule has 1 saturated heterocycles. The van der Waals surface area contributed by atoms with Crippen LogP contribution in [0, 0.1) is 0 Å². The van der Waals surface area contributed by atoms with E-state index in [0.717, 1.165) is 18.4 Å². The molecule has 170 valence electrons. The number of carbonyl (C=O) groups excluding carboxylic acids is 1. The van der Waals surface area contributed by atoms with Crippen molar-refractivity contribution in [2.45, 2.75) is 23.8 Å². The second kappa shape index (κ2) is 8.79. The zero-order chi connectivity index (χ0) is 22.9. The van der Waals surface area contributed by atoms with E-state index in [1.54, 1.807) is 31.1 Å². The number of ether oxygens (including phenoxy) is 1. The number of amides is 1. The van der Waals surface area contributed by atoms with Gasteiger partial charge in [0.1, 0.15) is 28.2 Å². The van der Waals surface area contributed by atoms with Crippen molar-refractivity contribution in [1.29, 1.82) is 0 Å². The number of sulfonamides is 1. The minimum absolute atomic E-state index is 0.130. The number of hydrogen-bond donors (Lipinski definition) is 1. The number of hydrogen-bond acceptors (Lipinski definition) is 5. The lowest BCUT2D eigenvalue weighted by Crippen LogP contribution is -2.32. The van der Waals surface area contributed by atoms with E-state index in [1.165, 1.54) is 16.6 Å². The molecular formula is C22H27N5O4S. The van der Waals surface area contributed by atoms with Crippen LogP contribution in [0.25, 0.3) is 0 Å². The summed E-state index contributed by atoms with van der Waals surface area (Å²) in [5, 5.41) is 3.01. The molecule has 1 aromatic carbocycles. The van der Waals surface area contributed by atoms with Gasteiger partial charge in [-0.1, -0.05) is 12.1 Å². The fourth-order valence-electron chi connectivity index (χ4n) is 3.93. The monoisotopic (exact) mass is 457 g/mol. The van der Waals surface area contributed by atoms with Crippen LogP contribution in [0.5, 0.6) is 5.75 Å². The van der Waals surface area contributed by atoms with Crippen molar-refractivity contribution in [3.63, 3.8) is 0 Å². The first-order valence-corrected chi connectivity index (χ1v) is 11.8. The standard InChI is InChI=1S/C22H27N5O4S/c1-25-13-10-23-21(25)20(16-6-8-17(31-3)9-7-16)24-22(28)19-14-18(15-26(19)2)32(29,30)27-11-4-5-12-27/h6-10,13-15,20H,4-5,11-12H2,1-3H3,(H,24,28). The van der Waals surface area contributed by atoms with Crippen molar-refractivity contribution in [2.24, 2.45) is 14.1 Å². The van der Waals surface area contributed by atoms with Crippen molar-refractivity contribution in [3.8, 4) is 5.75 Å². The highest BCUT2D eigenvalue weighted by molar-refractivity contribution is 7.89. The van der Waals surface area contributed by atoms with Crippen molar-refractivity contribution < 1.29 is 17.9 Å². The Hall–Kier alpha value is -3.11. The van der Waals surface area contributed by atoms with Crippen molar-refractivity contribution in [3.05, 3.63) is 66.0 Å². The van der Waals surface area contributed by atoms with Gasteiger partial charge in [-0.25, -0.2) is 13.4 Å². The highest BCUT2D eigenvalue weighted by Crippen LogP contribution is 2.25. The minimum Gasteiger partial charge on any atom is -0.497 e. The number of nitrogens with zero attached hydrogens (tertiary/aromatic N) is 4. The molecule has 0 radical (unpaired) electrons. The molecular weight excluding hydrogens is 430 g/mol. The van der Waals surface area contributed by atoms with E-state index in [4.69, 9.17) is 4.74 Å². The molecule has 0 bridgehead atoms. The molecule has 32 heavy (non-hydrogen) atoms. The molecule has 10 heteroatoms. The van der Waals surface area contributed by atoms with Crippen LogP contribution in [-0.4, -0.2) is 52.9 Å². The predicted molar refractivity (Wildman–Crippen MR) is 119 cm³/mol. The van der Waals surface area contributed by atoms with E-state index in [0.29, 0.717) is 24.7 Å². The van der Waals surface area contributed by atoms with Crippen LogP contribution < -0.4 is 10.1 Å². The summed E-state index contributed by atoms with van der Waals surface area (Å²) in [6.07, 6.45) is 6.67. The molecule has 3 heterocycles. The number of imidazole rings is 1. The average Bonchev–Trinajstić information content (AvgIpc) is 3.53. The van der Waals surface area contributed by atoms with Gasteiger partial charge in [0.15, 0.2) is 0 Å². The fourth-order valence-corrected chi connectivity index (χ4v) is 5.52. The SMILES string of the molecule is COc1ccc(C(NC(=O)c2cc(S(=O)(=O)N3CCCC3)cn2C)c2nccn2C)cc1. The molecule has 2 aromatic heterocycles. The number of aromatic nitrogens is 3. The highest BCUT2D eigenvalue weighted by Gasteiger charge is 2.30.